The first-order valence-electron chi connectivity index (χ1n) is 10.3. The molecule has 1 heterocycles. The number of carbonyl (C=O) groups excluding carboxylic acids is 2. The number of benzene rings is 2. The van der Waals surface area contributed by atoms with E-state index in [1.54, 1.807) is 16.9 Å². The van der Waals surface area contributed by atoms with Crippen molar-refractivity contribution in [3.63, 3.8) is 0 Å². The lowest BCUT2D eigenvalue weighted by Crippen LogP contribution is -2.28. The van der Waals surface area contributed by atoms with E-state index in [2.05, 4.69) is 60.8 Å². The molecule has 8 heteroatoms. The largest absolute Gasteiger partial charge is 0.351 e. The van der Waals surface area contributed by atoms with E-state index < -0.39 is 11.7 Å². The number of hydrogen-bond acceptors (Lipinski definition) is 3. The second kappa shape index (κ2) is 9.96. The Morgan fingerprint density at radius 1 is 1.09 bits per heavy atom. The maximum Gasteiger partial charge on any atom is 0.252 e. The number of halogens is 2. The van der Waals surface area contributed by atoms with E-state index in [4.69, 9.17) is 11.6 Å². The summed E-state index contributed by atoms with van der Waals surface area (Å²) >= 11 is 5.89. The predicted molar refractivity (Wildman–Crippen MR) is 123 cm³/mol. The monoisotopic (exact) mass is 456 g/mol. The lowest BCUT2D eigenvalue weighted by atomic mass is 9.87. The lowest BCUT2D eigenvalue weighted by molar-refractivity contribution is -0.116. The van der Waals surface area contributed by atoms with Gasteiger partial charge in [-0.15, -0.1) is 0 Å². The molecule has 6 nitrogen and oxygen atoms in total. The van der Waals surface area contributed by atoms with Crippen molar-refractivity contribution in [3.05, 3.63) is 82.3 Å². The van der Waals surface area contributed by atoms with Crippen molar-refractivity contribution in [1.29, 1.82) is 0 Å². The van der Waals surface area contributed by atoms with Crippen molar-refractivity contribution in [3.8, 4) is 0 Å². The number of carbonyl (C=O) groups is 2. The van der Waals surface area contributed by atoms with Crippen LogP contribution in [0.3, 0.4) is 0 Å². The smallest absolute Gasteiger partial charge is 0.252 e. The molecule has 2 amide bonds. The van der Waals surface area contributed by atoms with E-state index in [9.17, 15) is 14.0 Å². The van der Waals surface area contributed by atoms with Gasteiger partial charge in [-0.2, -0.15) is 5.10 Å². The van der Waals surface area contributed by atoms with Crippen LogP contribution >= 0.6 is 11.6 Å². The first kappa shape index (κ1) is 23.5. The van der Waals surface area contributed by atoms with Crippen molar-refractivity contribution in [2.45, 2.75) is 39.2 Å². The van der Waals surface area contributed by atoms with E-state index in [0.717, 1.165) is 17.7 Å². The Hall–Kier alpha value is -3.19. The van der Waals surface area contributed by atoms with Gasteiger partial charge >= 0.3 is 0 Å². The summed E-state index contributed by atoms with van der Waals surface area (Å²) in [6.07, 6.45) is 1.69. The van der Waals surface area contributed by atoms with Gasteiger partial charge in [0.2, 0.25) is 5.91 Å². The summed E-state index contributed by atoms with van der Waals surface area (Å²) in [4.78, 5) is 24.5. The summed E-state index contributed by atoms with van der Waals surface area (Å²) in [5.74, 6) is -0.678. The molecule has 2 aromatic carbocycles. The molecule has 0 radical (unpaired) electrons. The van der Waals surface area contributed by atoms with Crippen LogP contribution in [0.4, 0.5) is 10.2 Å². The molecular formula is C24H26ClFN4O2. The van der Waals surface area contributed by atoms with Crippen LogP contribution in [-0.2, 0) is 16.8 Å². The van der Waals surface area contributed by atoms with Crippen molar-refractivity contribution in [2.75, 3.05) is 11.9 Å². The fourth-order valence-electron chi connectivity index (χ4n) is 3.11. The van der Waals surface area contributed by atoms with Crippen LogP contribution in [-0.4, -0.2) is 28.1 Å². The molecule has 0 bridgehead atoms. The summed E-state index contributed by atoms with van der Waals surface area (Å²) in [6, 6.07) is 13.6. The van der Waals surface area contributed by atoms with Gasteiger partial charge in [0.15, 0.2) is 0 Å². The Balaban J connectivity index is 1.52. The zero-order valence-electron chi connectivity index (χ0n) is 18.3. The second-order valence-electron chi connectivity index (χ2n) is 8.50. The van der Waals surface area contributed by atoms with Crippen LogP contribution in [0.5, 0.6) is 0 Å². The third-order valence-corrected chi connectivity index (χ3v) is 5.26. The molecule has 0 aliphatic rings. The molecule has 3 aromatic rings. The Bertz CT molecular complexity index is 1100. The number of rotatable bonds is 7. The third kappa shape index (κ3) is 6.17. The van der Waals surface area contributed by atoms with Gasteiger partial charge < -0.3 is 10.6 Å². The molecule has 0 unspecified atom stereocenters. The summed E-state index contributed by atoms with van der Waals surface area (Å²) < 4.78 is 14.8. The molecule has 0 fully saturated rings. The van der Waals surface area contributed by atoms with Gasteiger partial charge in [-0.25, -0.2) is 9.07 Å². The fourth-order valence-corrected chi connectivity index (χ4v) is 3.36. The normalized spacial score (nSPS) is 11.3. The van der Waals surface area contributed by atoms with Gasteiger partial charge in [0.25, 0.3) is 5.91 Å². The number of hydrogen-bond donors (Lipinski definition) is 2. The molecule has 32 heavy (non-hydrogen) atoms. The number of nitrogens with zero attached hydrogens (tertiary/aromatic N) is 2. The third-order valence-electron chi connectivity index (χ3n) is 4.95. The maximum atomic E-state index is 13.1. The van der Waals surface area contributed by atoms with Gasteiger partial charge in [0, 0.05) is 19.0 Å². The van der Waals surface area contributed by atoms with Crippen molar-refractivity contribution in [2.24, 2.45) is 0 Å². The fraction of sp³-hybridized carbons (Fsp3) is 0.292. The molecule has 0 aliphatic carbocycles. The van der Waals surface area contributed by atoms with Gasteiger partial charge in [0.1, 0.15) is 11.6 Å². The van der Waals surface area contributed by atoms with E-state index >= 15 is 0 Å². The summed E-state index contributed by atoms with van der Waals surface area (Å²) in [5.41, 5.74) is 2.56. The molecule has 0 saturated carbocycles. The van der Waals surface area contributed by atoms with Gasteiger partial charge in [-0.3, -0.25) is 9.59 Å². The highest BCUT2D eigenvalue weighted by Crippen LogP contribution is 2.22. The maximum absolute atomic E-state index is 13.1. The van der Waals surface area contributed by atoms with Crippen molar-refractivity contribution in [1.82, 2.24) is 15.1 Å². The van der Waals surface area contributed by atoms with E-state index in [1.165, 1.54) is 11.6 Å². The summed E-state index contributed by atoms with van der Waals surface area (Å²) in [5, 5.41) is 9.73. The summed E-state index contributed by atoms with van der Waals surface area (Å²) in [7, 11) is 0. The van der Waals surface area contributed by atoms with E-state index in [-0.39, 0.29) is 34.9 Å². The van der Waals surface area contributed by atoms with Crippen LogP contribution in [0.25, 0.3) is 0 Å². The highest BCUT2D eigenvalue weighted by atomic mass is 35.5. The highest BCUT2D eigenvalue weighted by molar-refractivity contribution is 6.33. The first-order valence-corrected chi connectivity index (χ1v) is 10.7. The van der Waals surface area contributed by atoms with Crippen LogP contribution in [0, 0.1) is 5.82 Å². The SMILES string of the molecule is CC(C)(C)c1ccc(Cn2nccc2NC(=O)CCNC(=O)c2ccc(F)cc2Cl)cc1. The molecule has 0 aliphatic heterocycles. The molecule has 0 spiro atoms. The lowest BCUT2D eigenvalue weighted by Gasteiger charge is -2.19. The number of amides is 2. The Labute approximate surface area is 191 Å². The Kier molecular flexibility index (Phi) is 7.30. The average molecular weight is 457 g/mol. The standard InChI is InChI=1S/C24H26ClFN4O2/c1-24(2,3)17-6-4-16(5-7-17)15-30-21(10-13-28-30)29-22(31)11-12-27-23(32)19-9-8-18(26)14-20(19)25/h4-10,13-14H,11-12,15H2,1-3H3,(H,27,32)(H,29,31). The molecule has 1 aromatic heterocycles. The minimum atomic E-state index is -0.521. The zero-order valence-corrected chi connectivity index (χ0v) is 19.0. The van der Waals surface area contributed by atoms with Crippen LogP contribution in [0.2, 0.25) is 5.02 Å². The van der Waals surface area contributed by atoms with E-state index in [0.29, 0.717) is 12.4 Å². The number of anilines is 1. The van der Waals surface area contributed by atoms with Crippen molar-refractivity contribution >= 4 is 29.2 Å². The molecule has 3 rings (SSSR count). The van der Waals surface area contributed by atoms with Crippen LogP contribution < -0.4 is 10.6 Å². The van der Waals surface area contributed by atoms with Crippen molar-refractivity contribution < 1.29 is 14.0 Å². The van der Waals surface area contributed by atoms with Crippen LogP contribution in [0.15, 0.2) is 54.7 Å². The molecule has 168 valence electrons. The van der Waals surface area contributed by atoms with Gasteiger partial charge in [-0.05, 0) is 34.7 Å². The van der Waals surface area contributed by atoms with Gasteiger partial charge in [0.05, 0.1) is 23.3 Å². The minimum absolute atomic E-state index is 0.0198. The highest BCUT2D eigenvalue weighted by Gasteiger charge is 2.14. The topological polar surface area (TPSA) is 76.0 Å². The molecular weight excluding hydrogens is 431 g/mol. The zero-order chi connectivity index (χ0) is 23.3. The Morgan fingerprint density at radius 2 is 1.81 bits per heavy atom. The molecule has 0 saturated heterocycles. The average Bonchev–Trinajstić information content (AvgIpc) is 3.14. The molecule has 2 N–H and O–H groups in total. The predicted octanol–water partition coefficient (Wildman–Crippen LogP) is 4.78. The quantitative estimate of drug-likeness (QED) is 0.537. The first-order chi connectivity index (χ1) is 15.1. The number of aromatic nitrogens is 2. The van der Waals surface area contributed by atoms with Crippen LogP contribution in [0.1, 0.15) is 48.7 Å². The second-order valence-corrected chi connectivity index (χ2v) is 8.91. The molecule has 0 atom stereocenters. The van der Waals surface area contributed by atoms with E-state index in [1.807, 2.05) is 0 Å². The van der Waals surface area contributed by atoms with Gasteiger partial charge in [-0.1, -0.05) is 56.6 Å². The Morgan fingerprint density at radius 3 is 2.47 bits per heavy atom. The minimum Gasteiger partial charge on any atom is -0.351 e. The summed E-state index contributed by atoms with van der Waals surface area (Å²) in [6.45, 7) is 7.13. The number of nitrogens with one attached hydrogen (secondary N) is 2.